The number of halogens is 4. The first-order valence-corrected chi connectivity index (χ1v) is 5.85. The molecule has 3 nitrogen and oxygen atoms in total. The number of ether oxygens (including phenoxy) is 1. The SMILES string of the molecule is COc1cc(C(F)(F)F)nn1-c1ccc(CCl)cc1. The van der Waals surface area contributed by atoms with Gasteiger partial charge in [0.2, 0.25) is 5.88 Å². The van der Waals surface area contributed by atoms with Gasteiger partial charge in [0.05, 0.1) is 12.8 Å². The Balaban J connectivity index is 2.45. The molecule has 0 saturated carbocycles. The van der Waals surface area contributed by atoms with E-state index in [1.807, 2.05) is 0 Å². The summed E-state index contributed by atoms with van der Waals surface area (Å²) < 4.78 is 43.8. The molecule has 0 aliphatic heterocycles. The lowest BCUT2D eigenvalue weighted by Crippen LogP contribution is -2.07. The van der Waals surface area contributed by atoms with E-state index in [4.69, 9.17) is 16.3 Å². The average Bonchev–Trinajstić information content (AvgIpc) is 2.83. The minimum absolute atomic E-state index is 0.0194. The Morgan fingerprint density at radius 1 is 1.26 bits per heavy atom. The van der Waals surface area contributed by atoms with Crippen LogP contribution in [-0.2, 0) is 12.1 Å². The Kier molecular flexibility index (Phi) is 3.71. The average molecular weight is 291 g/mol. The molecule has 102 valence electrons. The topological polar surface area (TPSA) is 27.1 Å². The number of hydrogen-bond acceptors (Lipinski definition) is 2. The fraction of sp³-hybridized carbons (Fsp3) is 0.250. The van der Waals surface area contributed by atoms with Gasteiger partial charge in [0.15, 0.2) is 5.69 Å². The first kappa shape index (κ1) is 13.7. The predicted molar refractivity (Wildman–Crippen MR) is 64.7 cm³/mol. The smallest absolute Gasteiger partial charge is 0.435 e. The van der Waals surface area contributed by atoms with Gasteiger partial charge in [-0.1, -0.05) is 12.1 Å². The van der Waals surface area contributed by atoms with Crippen molar-refractivity contribution in [1.82, 2.24) is 9.78 Å². The molecule has 19 heavy (non-hydrogen) atoms. The molecule has 0 radical (unpaired) electrons. The molecule has 0 aliphatic carbocycles. The zero-order chi connectivity index (χ0) is 14.0. The summed E-state index contributed by atoms with van der Waals surface area (Å²) in [5, 5.41) is 3.51. The standard InChI is InChI=1S/C12H10ClF3N2O/c1-19-11-6-10(12(14,15)16)17-18(11)9-4-2-8(7-13)3-5-9/h2-6H,7H2,1H3. The van der Waals surface area contributed by atoms with Crippen LogP contribution in [0.25, 0.3) is 5.69 Å². The molecule has 1 aromatic heterocycles. The number of rotatable bonds is 3. The minimum atomic E-state index is -4.51. The fourth-order valence-corrected chi connectivity index (χ4v) is 1.74. The van der Waals surface area contributed by atoms with Gasteiger partial charge in [0, 0.05) is 11.9 Å². The molecule has 0 unspecified atom stereocenters. The maximum atomic E-state index is 12.6. The summed E-state index contributed by atoms with van der Waals surface area (Å²) in [7, 11) is 1.29. The van der Waals surface area contributed by atoms with Crippen LogP contribution in [0.15, 0.2) is 30.3 Å². The highest BCUT2D eigenvalue weighted by molar-refractivity contribution is 6.17. The lowest BCUT2D eigenvalue weighted by Gasteiger charge is -2.06. The Morgan fingerprint density at radius 3 is 2.37 bits per heavy atom. The second-order valence-corrected chi connectivity index (χ2v) is 4.05. The monoisotopic (exact) mass is 290 g/mol. The van der Waals surface area contributed by atoms with Crippen LogP contribution in [0.4, 0.5) is 13.2 Å². The van der Waals surface area contributed by atoms with Crippen molar-refractivity contribution in [1.29, 1.82) is 0 Å². The number of aromatic nitrogens is 2. The van der Waals surface area contributed by atoms with Gasteiger partial charge in [-0.25, -0.2) is 4.68 Å². The summed E-state index contributed by atoms with van der Waals surface area (Å²) in [6.45, 7) is 0. The Labute approximate surface area is 112 Å². The van der Waals surface area contributed by atoms with E-state index in [0.717, 1.165) is 16.3 Å². The predicted octanol–water partition coefficient (Wildman–Crippen LogP) is 3.64. The lowest BCUT2D eigenvalue weighted by molar-refractivity contribution is -0.141. The maximum absolute atomic E-state index is 12.6. The van der Waals surface area contributed by atoms with Crippen LogP contribution in [0.2, 0.25) is 0 Å². The number of hydrogen-bond donors (Lipinski definition) is 0. The molecule has 0 spiro atoms. The molecule has 7 heteroatoms. The summed E-state index contributed by atoms with van der Waals surface area (Å²) in [6.07, 6.45) is -4.51. The lowest BCUT2D eigenvalue weighted by atomic mass is 10.2. The second-order valence-electron chi connectivity index (χ2n) is 3.78. The van der Waals surface area contributed by atoms with E-state index in [1.165, 1.54) is 7.11 Å². The Bertz CT molecular complexity index is 563. The minimum Gasteiger partial charge on any atom is -0.481 e. The van der Waals surface area contributed by atoms with Gasteiger partial charge < -0.3 is 4.74 Å². The van der Waals surface area contributed by atoms with Crippen LogP contribution in [0.1, 0.15) is 11.3 Å². The van der Waals surface area contributed by atoms with Crippen molar-refractivity contribution < 1.29 is 17.9 Å². The van der Waals surface area contributed by atoms with Crippen molar-refractivity contribution in [3.05, 3.63) is 41.6 Å². The summed E-state index contributed by atoms with van der Waals surface area (Å²) >= 11 is 5.65. The zero-order valence-electron chi connectivity index (χ0n) is 9.91. The molecule has 0 amide bonds. The molecule has 0 fully saturated rings. The normalized spacial score (nSPS) is 11.6. The van der Waals surface area contributed by atoms with Gasteiger partial charge in [-0.15, -0.1) is 11.6 Å². The van der Waals surface area contributed by atoms with E-state index in [0.29, 0.717) is 11.6 Å². The van der Waals surface area contributed by atoms with Crippen molar-refractivity contribution in [3.8, 4) is 11.6 Å². The zero-order valence-corrected chi connectivity index (χ0v) is 10.7. The summed E-state index contributed by atoms with van der Waals surface area (Å²) in [6, 6.07) is 7.56. The molecule has 0 atom stereocenters. The largest absolute Gasteiger partial charge is 0.481 e. The number of benzene rings is 1. The molecular weight excluding hydrogens is 281 g/mol. The number of methoxy groups -OCH3 is 1. The number of nitrogens with zero attached hydrogens (tertiary/aromatic N) is 2. The van der Waals surface area contributed by atoms with Gasteiger partial charge in [-0.2, -0.15) is 18.3 Å². The van der Waals surface area contributed by atoms with Crippen molar-refractivity contribution in [2.24, 2.45) is 0 Å². The van der Waals surface area contributed by atoms with E-state index >= 15 is 0 Å². The second kappa shape index (κ2) is 5.13. The highest BCUT2D eigenvalue weighted by atomic mass is 35.5. The summed E-state index contributed by atoms with van der Waals surface area (Å²) in [5.74, 6) is 0.357. The Hall–Kier alpha value is -1.69. The molecule has 1 heterocycles. The van der Waals surface area contributed by atoms with E-state index < -0.39 is 11.9 Å². The first-order chi connectivity index (χ1) is 8.95. The molecule has 2 rings (SSSR count). The molecule has 2 aromatic rings. The maximum Gasteiger partial charge on any atom is 0.435 e. The quantitative estimate of drug-likeness (QED) is 0.807. The van der Waals surface area contributed by atoms with Gasteiger partial charge in [-0.3, -0.25) is 0 Å². The third-order valence-corrected chi connectivity index (χ3v) is 2.82. The summed E-state index contributed by atoms with van der Waals surface area (Å²) in [4.78, 5) is 0. The van der Waals surface area contributed by atoms with Gasteiger partial charge >= 0.3 is 6.18 Å². The van der Waals surface area contributed by atoms with E-state index in [-0.39, 0.29) is 5.88 Å². The van der Waals surface area contributed by atoms with Gasteiger partial charge in [0.1, 0.15) is 0 Å². The Morgan fingerprint density at radius 2 is 1.89 bits per heavy atom. The van der Waals surface area contributed by atoms with E-state index in [2.05, 4.69) is 5.10 Å². The van der Waals surface area contributed by atoms with Crippen LogP contribution in [-0.4, -0.2) is 16.9 Å². The fourth-order valence-electron chi connectivity index (χ4n) is 1.56. The third-order valence-electron chi connectivity index (χ3n) is 2.51. The van der Waals surface area contributed by atoms with Crippen LogP contribution in [0.3, 0.4) is 0 Å². The van der Waals surface area contributed by atoms with Crippen LogP contribution < -0.4 is 4.74 Å². The van der Waals surface area contributed by atoms with Gasteiger partial charge in [0.25, 0.3) is 0 Å². The number of alkyl halides is 4. The van der Waals surface area contributed by atoms with Crippen molar-refractivity contribution >= 4 is 11.6 Å². The summed E-state index contributed by atoms with van der Waals surface area (Å²) in [5.41, 5.74) is 0.347. The molecule has 0 saturated heterocycles. The van der Waals surface area contributed by atoms with Crippen LogP contribution >= 0.6 is 11.6 Å². The third kappa shape index (κ3) is 2.84. The first-order valence-electron chi connectivity index (χ1n) is 5.32. The van der Waals surface area contributed by atoms with E-state index in [1.54, 1.807) is 24.3 Å². The molecular formula is C12H10ClF3N2O. The van der Waals surface area contributed by atoms with E-state index in [9.17, 15) is 13.2 Å². The van der Waals surface area contributed by atoms with Crippen LogP contribution in [0.5, 0.6) is 5.88 Å². The van der Waals surface area contributed by atoms with Crippen molar-refractivity contribution in [3.63, 3.8) is 0 Å². The molecule has 0 bridgehead atoms. The van der Waals surface area contributed by atoms with Crippen molar-refractivity contribution in [2.75, 3.05) is 7.11 Å². The molecule has 0 N–H and O–H groups in total. The highest BCUT2D eigenvalue weighted by Gasteiger charge is 2.35. The highest BCUT2D eigenvalue weighted by Crippen LogP contribution is 2.32. The van der Waals surface area contributed by atoms with Gasteiger partial charge in [-0.05, 0) is 17.7 Å². The molecule has 0 aliphatic rings. The van der Waals surface area contributed by atoms with Crippen LogP contribution in [0, 0.1) is 0 Å². The molecule has 1 aromatic carbocycles. The van der Waals surface area contributed by atoms with Crippen molar-refractivity contribution in [2.45, 2.75) is 12.1 Å².